The van der Waals surface area contributed by atoms with Gasteiger partial charge in [0.15, 0.2) is 0 Å². The van der Waals surface area contributed by atoms with Crippen molar-refractivity contribution in [1.82, 2.24) is 9.88 Å². The second kappa shape index (κ2) is 8.44. The molecular weight excluding hydrogens is 380 g/mol. The number of hydrogen-bond donors (Lipinski definition) is 1. The summed E-state index contributed by atoms with van der Waals surface area (Å²) in [5.41, 5.74) is 0.755. The first-order chi connectivity index (χ1) is 13.5. The Labute approximate surface area is 168 Å². The normalized spacial score (nSPS) is 18.5. The molecule has 2 heterocycles. The van der Waals surface area contributed by atoms with Crippen LogP contribution in [0.15, 0.2) is 48.2 Å². The van der Waals surface area contributed by atoms with Crippen LogP contribution in [0, 0.1) is 0 Å². The highest BCUT2D eigenvalue weighted by atomic mass is 35.5. The number of aliphatic hydroxyl groups excluding tert-OH is 1. The van der Waals surface area contributed by atoms with E-state index in [0.29, 0.717) is 23.0 Å². The van der Waals surface area contributed by atoms with E-state index in [1.54, 1.807) is 36.5 Å². The van der Waals surface area contributed by atoms with E-state index in [1.165, 1.54) is 18.1 Å². The highest BCUT2D eigenvalue weighted by molar-refractivity contribution is 6.46. The zero-order chi connectivity index (χ0) is 20.3. The van der Waals surface area contributed by atoms with Crippen molar-refractivity contribution in [2.75, 3.05) is 13.7 Å². The van der Waals surface area contributed by atoms with Crippen molar-refractivity contribution in [1.29, 1.82) is 0 Å². The number of carbonyl (C=O) groups excluding carboxylic acids is 2. The van der Waals surface area contributed by atoms with Crippen LogP contribution in [0.4, 0.5) is 0 Å². The van der Waals surface area contributed by atoms with Crippen LogP contribution >= 0.6 is 11.6 Å². The number of likely N-dealkylation sites (tertiary alicyclic amines) is 1. The number of hydrogen-bond acceptors (Lipinski definition) is 5. The molecule has 0 aliphatic carbocycles. The van der Waals surface area contributed by atoms with Gasteiger partial charge in [-0.2, -0.15) is 0 Å². The Kier molecular flexibility index (Phi) is 5.99. The molecule has 28 heavy (non-hydrogen) atoms. The molecule has 1 saturated heterocycles. The molecule has 1 aromatic carbocycles. The first kappa shape index (κ1) is 19.9. The van der Waals surface area contributed by atoms with Crippen LogP contribution in [0.25, 0.3) is 5.76 Å². The van der Waals surface area contributed by atoms with Crippen LogP contribution in [-0.4, -0.2) is 40.3 Å². The van der Waals surface area contributed by atoms with E-state index in [9.17, 15) is 14.7 Å². The number of nitrogens with zero attached hydrogens (tertiary/aromatic N) is 2. The lowest BCUT2D eigenvalue weighted by atomic mass is 9.98. The van der Waals surface area contributed by atoms with Crippen LogP contribution in [0.2, 0.25) is 5.02 Å². The maximum atomic E-state index is 12.9. The Morgan fingerprint density at radius 2 is 2.07 bits per heavy atom. The number of Topliss-reactive ketones (excluding diaryl/α,β-unsaturated/α-hetero) is 1. The smallest absolute Gasteiger partial charge is 0.295 e. The van der Waals surface area contributed by atoms with Crippen LogP contribution in [-0.2, 0) is 9.59 Å². The van der Waals surface area contributed by atoms with E-state index in [4.69, 9.17) is 16.3 Å². The topological polar surface area (TPSA) is 79.7 Å². The molecule has 1 aliphatic heterocycles. The van der Waals surface area contributed by atoms with Crippen molar-refractivity contribution < 1.29 is 19.4 Å². The fourth-order valence-electron chi connectivity index (χ4n) is 3.29. The fraction of sp³-hybridized carbons (Fsp3) is 0.286. The number of pyridine rings is 1. The first-order valence-corrected chi connectivity index (χ1v) is 9.40. The van der Waals surface area contributed by atoms with Gasteiger partial charge >= 0.3 is 0 Å². The lowest BCUT2D eigenvalue weighted by Crippen LogP contribution is -2.31. The summed E-state index contributed by atoms with van der Waals surface area (Å²) in [5, 5.41) is 11.4. The Morgan fingerprint density at radius 3 is 2.71 bits per heavy atom. The number of unbranched alkanes of at least 4 members (excludes halogenated alkanes) is 1. The maximum Gasteiger partial charge on any atom is 0.295 e. The van der Waals surface area contributed by atoms with Gasteiger partial charge < -0.3 is 14.7 Å². The summed E-state index contributed by atoms with van der Waals surface area (Å²) in [6, 6.07) is 9.22. The number of halogens is 1. The van der Waals surface area contributed by atoms with Crippen molar-refractivity contribution in [2.24, 2.45) is 0 Å². The molecule has 1 unspecified atom stereocenters. The van der Waals surface area contributed by atoms with Gasteiger partial charge in [-0.05, 0) is 36.8 Å². The zero-order valence-electron chi connectivity index (χ0n) is 15.7. The number of ether oxygens (including phenoxy) is 1. The molecule has 1 atom stereocenters. The number of benzene rings is 1. The maximum absolute atomic E-state index is 12.9. The fourth-order valence-corrected chi connectivity index (χ4v) is 3.47. The summed E-state index contributed by atoms with van der Waals surface area (Å²) >= 11 is 6.08. The Hall–Kier alpha value is -2.86. The second-order valence-electron chi connectivity index (χ2n) is 6.45. The molecule has 1 aliphatic rings. The third kappa shape index (κ3) is 3.60. The van der Waals surface area contributed by atoms with Crippen LogP contribution in [0.3, 0.4) is 0 Å². The molecule has 0 spiro atoms. The van der Waals surface area contributed by atoms with Crippen LogP contribution < -0.4 is 4.74 Å². The number of carbonyl (C=O) groups is 2. The van der Waals surface area contributed by atoms with E-state index in [2.05, 4.69) is 4.98 Å². The van der Waals surface area contributed by atoms with Crippen molar-refractivity contribution >= 4 is 29.1 Å². The SMILES string of the molecule is CCCCN1C(=O)C(=O)/C(=C(/O)c2cc(Cl)ccc2OC)C1c1ccccn1. The molecule has 3 rings (SSSR count). The number of aromatic nitrogens is 1. The number of amides is 1. The number of aliphatic hydroxyl groups is 1. The van der Waals surface area contributed by atoms with Gasteiger partial charge in [0.1, 0.15) is 17.6 Å². The average molecular weight is 401 g/mol. The van der Waals surface area contributed by atoms with Crippen molar-refractivity contribution in [3.8, 4) is 5.75 Å². The summed E-state index contributed by atoms with van der Waals surface area (Å²) < 4.78 is 5.30. The summed E-state index contributed by atoms with van der Waals surface area (Å²) in [4.78, 5) is 31.4. The predicted octanol–water partition coefficient (Wildman–Crippen LogP) is 3.97. The molecule has 1 fully saturated rings. The quantitative estimate of drug-likeness (QED) is 0.451. The van der Waals surface area contributed by atoms with E-state index in [1.807, 2.05) is 6.92 Å². The molecule has 0 bridgehead atoms. The summed E-state index contributed by atoms with van der Waals surface area (Å²) in [5.74, 6) is -1.37. The standard InChI is InChI=1S/C21H21ClN2O4/c1-3-4-11-24-18(15-7-5-6-10-23-15)17(20(26)21(24)27)19(25)14-12-13(22)8-9-16(14)28-2/h5-10,12,18,25H,3-4,11H2,1-2H3/b19-17+. The number of ketones is 1. The van der Waals surface area contributed by atoms with Crippen molar-refractivity contribution in [3.63, 3.8) is 0 Å². The molecular formula is C21H21ClN2O4. The molecule has 146 valence electrons. The molecule has 1 aromatic heterocycles. The van der Waals surface area contributed by atoms with Gasteiger partial charge in [-0.15, -0.1) is 0 Å². The van der Waals surface area contributed by atoms with Crippen molar-refractivity contribution in [2.45, 2.75) is 25.8 Å². The first-order valence-electron chi connectivity index (χ1n) is 9.02. The minimum atomic E-state index is -0.767. The zero-order valence-corrected chi connectivity index (χ0v) is 16.4. The van der Waals surface area contributed by atoms with Gasteiger partial charge in [0.05, 0.1) is 23.9 Å². The van der Waals surface area contributed by atoms with Gasteiger partial charge in [-0.3, -0.25) is 14.6 Å². The third-order valence-electron chi connectivity index (χ3n) is 4.68. The van der Waals surface area contributed by atoms with Crippen LogP contribution in [0.1, 0.15) is 37.1 Å². The number of methoxy groups -OCH3 is 1. The predicted molar refractivity (Wildman–Crippen MR) is 106 cm³/mol. The molecule has 1 N–H and O–H groups in total. The summed E-state index contributed by atoms with van der Waals surface area (Å²) in [7, 11) is 1.45. The summed E-state index contributed by atoms with van der Waals surface area (Å²) in [6.45, 7) is 2.40. The molecule has 0 saturated carbocycles. The van der Waals surface area contributed by atoms with E-state index in [0.717, 1.165) is 12.8 Å². The van der Waals surface area contributed by atoms with Gasteiger partial charge in [0, 0.05) is 17.8 Å². The minimum Gasteiger partial charge on any atom is -0.507 e. The largest absolute Gasteiger partial charge is 0.507 e. The van der Waals surface area contributed by atoms with E-state index in [-0.39, 0.29) is 16.9 Å². The van der Waals surface area contributed by atoms with Gasteiger partial charge in [-0.1, -0.05) is 31.0 Å². The molecule has 7 heteroatoms. The Balaban J connectivity index is 2.21. The van der Waals surface area contributed by atoms with Gasteiger partial charge in [0.2, 0.25) is 0 Å². The third-order valence-corrected chi connectivity index (χ3v) is 4.91. The lowest BCUT2D eigenvalue weighted by Gasteiger charge is -2.24. The van der Waals surface area contributed by atoms with Gasteiger partial charge in [0.25, 0.3) is 11.7 Å². The molecule has 0 radical (unpaired) electrons. The minimum absolute atomic E-state index is 0.0135. The average Bonchev–Trinajstić information content (AvgIpc) is 2.97. The number of rotatable bonds is 6. The highest BCUT2D eigenvalue weighted by Gasteiger charge is 2.46. The van der Waals surface area contributed by atoms with E-state index >= 15 is 0 Å². The second-order valence-corrected chi connectivity index (χ2v) is 6.88. The van der Waals surface area contributed by atoms with Gasteiger partial charge in [-0.25, -0.2) is 0 Å². The molecule has 1 amide bonds. The summed E-state index contributed by atoms with van der Waals surface area (Å²) in [6.07, 6.45) is 3.19. The molecule has 6 nitrogen and oxygen atoms in total. The Bertz CT molecular complexity index is 927. The molecule has 2 aromatic rings. The lowest BCUT2D eigenvalue weighted by molar-refractivity contribution is -0.140. The van der Waals surface area contributed by atoms with Crippen LogP contribution in [0.5, 0.6) is 5.75 Å². The highest BCUT2D eigenvalue weighted by Crippen LogP contribution is 2.40. The van der Waals surface area contributed by atoms with Crippen molar-refractivity contribution in [3.05, 3.63) is 64.4 Å². The van der Waals surface area contributed by atoms with E-state index < -0.39 is 17.7 Å². The Morgan fingerprint density at radius 1 is 1.29 bits per heavy atom. The monoisotopic (exact) mass is 400 g/mol.